The molecule has 0 saturated heterocycles. The number of nitrogens with zero attached hydrogens (tertiary/aromatic N) is 3. The number of hydrogen-bond acceptors (Lipinski definition) is 4. The van der Waals surface area contributed by atoms with Crippen molar-refractivity contribution in [3.63, 3.8) is 0 Å². The maximum Gasteiger partial charge on any atom is 0.137 e. The Balaban J connectivity index is 2.31. The molecule has 1 unspecified atom stereocenters. The van der Waals surface area contributed by atoms with Gasteiger partial charge in [0.2, 0.25) is 0 Å². The predicted octanol–water partition coefficient (Wildman–Crippen LogP) is -1.01. The van der Waals surface area contributed by atoms with Crippen molar-refractivity contribution < 1.29 is 5.11 Å². The predicted molar refractivity (Wildman–Crippen MR) is 39.7 cm³/mol. The van der Waals surface area contributed by atoms with Crippen molar-refractivity contribution in [1.29, 1.82) is 0 Å². The van der Waals surface area contributed by atoms with Crippen LogP contribution in [0.3, 0.4) is 0 Å². The first kappa shape index (κ1) is 8.16. The smallest absolute Gasteiger partial charge is 0.137 e. The van der Waals surface area contributed by atoms with E-state index in [0.29, 0.717) is 13.0 Å². The Bertz CT molecular complexity index is 186. The summed E-state index contributed by atoms with van der Waals surface area (Å²) in [5, 5.41) is 12.4. The molecule has 62 valence electrons. The summed E-state index contributed by atoms with van der Waals surface area (Å²) in [6.45, 7) is 0.733. The molecule has 0 aliphatic rings. The lowest BCUT2D eigenvalue weighted by molar-refractivity contribution is 0.268. The maximum absolute atomic E-state index is 8.54. The molecule has 11 heavy (non-hydrogen) atoms. The molecular weight excluding hydrogens is 144 g/mol. The number of aliphatic hydroxyl groups excluding tert-OH is 1. The van der Waals surface area contributed by atoms with Crippen LogP contribution in [-0.2, 0) is 6.54 Å². The zero-order valence-electron chi connectivity index (χ0n) is 6.22. The third-order valence-corrected chi connectivity index (χ3v) is 1.39. The van der Waals surface area contributed by atoms with Crippen LogP contribution >= 0.6 is 0 Å². The number of nitrogens with two attached hydrogens (primary N) is 1. The summed E-state index contributed by atoms with van der Waals surface area (Å²) in [5.41, 5.74) is 5.63. The first-order valence-corrected chi connectivity index (χ1v) is 3.52. The van der Waals surface area contributed by atoms with Crippen LogP contribution < -0.4 is 5.73 Å². The Kier molecular flexibility index (Phi) is 3.00. The Morgan fingerprint density at radius 2 is 2.45 bits per heavy atom. The summed E-state index contributed by atoms with van der Waals surface area (Å²) in [6, 6.07) is -0.0401. The molecule has 0 aromatic carbocycles. The first-order valence-electron chi connectivity index (χ1n) is 3.52. The van der Waals surface area contributed by atoms with E-state index in [-0.39, 0.29) is 12.6 Å². The summed E-state index contributed by atoms with van der Waals surface area (Å²) in [7, 11) is 0. The monoisotopic (exact) mass is 156 g/mol. The average molecular weight is 156 g/mol. The Labute approximate surface area is 64.9 Å². The van der Waals surface area contributed by atoms with E-state index in [0.717, 1.165) is 0 Å². The summed E-state index contributed by atoms with van der Waals surface area (Å²) in [4.78, 5) is 3.77. The third kappa shape index (κ3) is 2.65. The van der Waals surface area contributed by atoms with Crippen LogP contribution in [0.4, 0.5) is 0 Å². The zero-order valence-corrected chi connectivity index (χ0v) is 6.22. The van der Waals surface area contributed by atoms with Crippen LogP contribution in [0.1, 0.15) is 6.42 Å². The molecule has 0 amide bonds. The van der Waals surface area contributed by atoms with Crippen molar-refractivity contribution in [1.82, 2.24) is 14.8 Å². The van der Waals surface area contributed by atoms with Crippen LogP contribution in [-0.4, -0.2) is 32.5 Å². The van der Waals surface area contributed by atoms with E-state index in [1.807, 2.05) is 0 Å². The summed E-state index contributed by atoms with van der Waals surface area (Å²) in [5.74, 6) is 0. The Morgan fingerprint density at radius 1 is 1.64 bits per heavy atom. The molecular formula is C6H12N4O. The van der Waals surface area contributed by atoms with Gasteiger partial charge in [-0.2, -0.15) is 5.10 Å². The first-order chi connectivity index (χ1) is 5.33. The molecule has 5 heteroatoms. The molecule has 0 radical (unpaired) electrons. The summed E-state index contributed by atoms with van der Waals surface area (Å²) < 4.78 is 1.65. The van der Waals surface area contributed by atoms with Gasteiger partial charge in [-0.25, -0.2) is 4.98 Å². The van der Waals surface area contributed by atoms with Crippen molar-refractivity contribution in [3.05, 3.63) is 12.7 Å². The highest BCUT2D eigenvalue weighted by atomic mass is 16.3. The van der Waals surface area contributed by atoms with E-state index in [1.54, 1.807) is 11.0 Å². The highest BCUT2D eigenvalue weighted by Gasteiger charge is 2.01. The second-order valence-corrected chi connectivity index (χ2v) is 2.39. The lowest BCUT2D eigenvalue weighted by atomic mass is 10.2. The highest BCUT2D eigenvalue weighted by Crippen LogP contribution is 1.90. The summed E-state index contributed by atoms with van der Waals surface area (Å²) >= 11 is 0. The SMILES string of the molecule is NC(CCO)Cn1cncn1. The zero-order chi connectivity index (χ0) is 8.10. The van der Waals surface area contributed by atoms with Gasteiger partial charge in [-0.3, -0.25) is 4.68 Å². The van der Waals surface area contributed by atoms with Gasteiger partial charge >= 0.3 is 0 Å². The minimum Gasteiger partial charge on any atom is -0.396 e. The number of aromatic nitrogens is 3. The van der Waals surface area contributed by atoms with Crippen molar-refractivity contribution in [2.24, 2.45) is 5.73 Å². The van der Waals surface area contributed by atoms with Gasteiger partial charge in [0.25, 0.3) is 0 Å². The third-order valence-electron chi connectivity index (χ3n) is 1.39. The minimum absolute atomic E-state index is 0.0401. The molecule has 1 atom stereocenters. The molecule has 0 spiro atoms. The van der Waals surface area contributed by atoms with Crippen LogP contribution in [0.2, 0.25) is 0 Å². The van der Waals surface area contributed by atoms with E-state index in [9.17, 15) is 0 Å². The van der Waals surface area contributed by atoms with Crippen molar-refractivity contribution in [2.75, 3.05) is 6.61 Å². The van der Waals surface area contributed by atoms with Crippen LogP contribution in [0.15, 0.2) is 12.7 Å². The lowest BCUT2D eigenvalue weighted by Gasteiger charge is -2.08. The van der Waals surface area contributed by atoms with Crippen molar-refractivity contribution >= 4 is 0 Å². The molecule has 1 aromatic heterocycles. The number of aliphatic hydroxyl groups is 1. The topological polar surface area (TPSA) is 77.0 Å². The molecule has 3 N–H and O–H groups in total. The second-order valence-electron chi connectivity index (χ2n) is 2.39. The van der Waals surface area contributed by atoms with Gasteiger partial charge in [0.05, 0.1) is 6.54 Å². The van der Waals surface area contributed by atoms with Crippen LogP contribution in [0, 0.1) is 0 Å². The number of hydrogen-bond donors (Lipinski definition) is 2. The second kappa shape index (κ2) is 4.05. The molecule has 0 aliphatic carbocycles. The average Bonchev–Trinajstić information content (AvgIpc) is 2.40. The van der Waals surface area contributed by atoms with Gasteiger partial charge in [0.15, 0.2) is 0 Å². The Hall–Kier alpha value is -0.940. The van der Waals surface area contributed by atoms with E-state index >= 15 is 0 Å². The van der Waals surface area contributed by atoms with Gasteiger partial charge in [0, 0.05) is 12.6 Å². The van der Waals surface area contributed by atoms with Gasteiger partial charge in [0.1, 0.15) is 12.7 Å². The quantitative estimate of drug-likeness (QED) is 0.585. The fraction of sp³-hybridized carbons (Fsp3) is 0.667. The minimum atomic E-state index is -0.0401. The molecule has 0 bridgehead atoms. The van der Waals surface area contributed by atoms with Gasteiger partial charge < -0.3 is 10.8 Å². The van der Waals surface area contributed by atoms with Crippen molar-refractivity contribution in [3.8, 4) is 0 Å². The van der Waals surface area contributed by atoms with Crippen LogP contribution in [0.25, 0.3) is 0 Å². The van der Waals surface area contributed by atoms with E-state index in [1.165, 1.54) is 6.33 Å². The molecule has 1 aromatic rings. The standard InChI is InChI=1S/C6H12N4O/c7-6(1-2-11)3-10-5-8-4-9-10/h4-6,11H,1-3,7H2. The largest absolute Gasteiger partial charge is 0.396 e. The van der Waals surface area contributed by atoms with E-state index in [4.69, 9.17) is 10.8 Å². The van der Waals surface area contributed by atoms with E-state index < -0.39 is 0 Å². The lowest BCUT2D eigenvalue weighted by Crippen LogP contribution is -2.27. The number of rotatable bonds is 4. The molecule has 0 aliphatic heterocycles. The van der Waals surface area contributed by atoms with Gasteiger partial charge in [-0.1, -0.05) is 0 Å². The normalized spacial score (nSPS) is 13.3. The molecule has 5 nitrogen and oxygen atoms in total. The van der Waals surface area contributed by atoms with Crippen LogP contribution in [0.5, 0.6) is 0 Å². The molecule has 1 rings (SSSR count). The Morgan fingerprint density at radius 3 is 3.00 bits per heavy atom. The molecule has 0 fully saturated rings. The summed E-state index contributed by atoms with van der Waals surface area (Å²) in [6.07, 6.45) is 3.67. The molecule has 1 heterocycles. The van der Waals surface area contributed by atoms with Gasteiger partial charge in [-0.05, 0) is 6.42 Å². The van der Waals surface area contributed by atoms with Crippen molar-refractivity contribution in [2.45, 2.75) is 19.0 Å². The van der Waals surface area contributed by atoms with Gasteiger partial charge in [-0.15, -0.1) is 0 Å². The fourth-order valence-electron chi connectivity index (χ4n) is 0.824. The maximum atomic E-state index is 8.54. The van der Waals surface area contributed by atoms with E-state index in [2.05, 4.69) is 10.1 Å². The molecule has 0 saturated carbocycles. The highest BCUT2D eigenvalue weighted by molar-refractivity contribution is 4.63. The fourth-order valence-corrected chi connectivity index (χ4v) is 0.824.